The quantitative estimate of drug-likeness (QED) is 0.767. The van der Waals surface area contributed by atoms with Crippen LogP contribution in [0, 0.1) is 0 Å². The predicted octanol–water partition coefficient (Wildman–Crippen LogP) is 1.04. The molecule has 15 heavy (non-hydrogen) atoms. The number of nitrogens with one attached hydrogen (secondary N) is 1. The van der Waals surface area contributed by atoms with Gasteiger partial charge in [-0.2, -0.15) is 0 Å². The van der Waals surface area contributed by atoms with E-state index in [1.807, 2.05) is 0 Å². The summed E-state index contributed by atoms with van der Waals surface area (Å²) in [5.74, 6) is -1.55. The van der Waals surface area contributed by atoms with E-state index in [4.69, 9.17) is 10.8 Å². The van der Waals surface area contributed by atoms with Gasteiger partial charge in [0.1, 0.15) is 0 Å². The summed E-state index contributed by atoms with van der Waals surface area (Å²) >= 11 is 3.15. The molecule has 4 N–H and O–H groups in total. The topological polar surface area (TPSA) is 92.4 Å². The van der Waals surface area contributed by atoms with Gasteiger partial charge in [0, 0.05) is 4.47 Å². The average Bonchev–Trinajstić information content (AvgIpc) is 2.20. The fraction of sp³-hybridized carbons (Fsp3) is 0.111. The van der Waals surface area contributed by atoms with E-state index in [0.717, 1.165) is 0 Å². The summed E-state index contributed by atoms with van der Waals surface area (Å²) in [4.78, 5) is 21.9. The number of carboxylic acids is 1. The third kappa shape index (κ3) is 2.77. The number of anilines is 1. The van der Waals surface area contributed by atoms with E-state index in [1.165, 1.54) is 6.07 Å². The lowest BCUT2D eigenvalue weighted by Crippen LogP contribution is -2.23. The minimum Gasteiger partial charge on any atom is -0.478 e. The van der Waals surface area contributed by atoms with E-state index in [-0.39, 0.29) is 17.8 Å². The van der Waals surface area contributed by atoms with E-state index in [0.29, 0.717) is 4.47 Å². The van der Waals surface area contributed by atoms with Crippen molar-refractivity contribution in [3.63, 3.8) is 0 Å². The van der Waals surface area contributed by atoms with E-state index in [1.54, 1.807) is 12.1 Å². The van der Waals surface area contributed by atoms with Gasteiger partial charge in [0.2, 0.25) is 5.91 Å². The maximum Gasteiger partial charge on any atom is 0.337 e. The van der Waals surface area contributed by atoms with Crippen molar-refractivity contribution in [3.8, 4) is 0 Å². The van der Waals surface area contributed by atoms with Crippen LogP contribution >= 0.6 is 15.9 Å². The van der Waals surface area contributed by atoms with Crippen molar-refractivity contribution in [3.05, 3.63) is 28.2 Å². The standard InChI is InChI=1S/C9H9BrN2O3/c10-6-3-1-2-5(9(14)15)8(6)12-7(13)4-11/h1-3H,4,11H2,(H,12,13)(H,14,15). The van der Waals surface area contributed by atoms with Gasteiger partial charge < -0.3 is 16.2 Å². The van der Waals surface area contributed by atoms with Gasteiger partial charge in [-0.25, -0.2) is 4.79 Å². The highest BCUT2D eigenvalue weighted by molar-refractivity contribution is 9.10. The molecular weight excluding hydrogens is 264 g/mol. The Balaban J connectivity index is 3.13. The number of benzene rings is 1. The second-order valence-electron chi connectivity index (χ2n) is 2.72. The Kier molecular flexibility index (Phi) is 3.81. The molecule has 0 saturated carbocycles. The third-order valence-electron chi connectivity index (χ3n) is 1.69. The molecule has 1 rings (SSSR count). The van der Waals surface area contributed by atoms with Crippen LogP contribution in [-0.4, -0.2) is 23.5 Å². The second kappa shape index (κ2) is 4.90. The summed E-state index contributed by atoms with van der Waals surface area (Å²) in [6.45, 7) is -0.194. The van der Waals surface area contributed by atoms with Crippen LogP contribution in [0.1, 0.15) is 10.4 Å². The molecule has 0 aliphatic heterocycles. The summed E-state index contributed by atoms with van der Waals surface area (Å²) in [5.41, 5.74) is 5.36. The van der Waals surface area contributed by atoms with Gasteiger partial charge in [-0.1, -0.05) is 6.07 Å². The minimum absolute atomic E-state index is 0.0196. The predicted molar refractivity (Wildman–Crippen MR) is 58.8 cm³/mol. The van der Waals surface area contributed by atoms with Crippen LogP contribution in [-0.2, 0) is 4.79 Å². The normalized spacial score (nSPS) is 9.73. The van der Waals surface area contributed by atoms with Gasteiger partial charge in [0.25, 0.3) is 0 Å². The Labute approximate surface area is 94.4 Å². The molecule has 80 valence electrons. The molecule has 1 aromatic carbocycles. The van der Waals surface area contributed by atoms with E-state index < -0.39 is 11.9 Å². The largest absolute Gasteiger partial charge is 0.478 e. The van der Waals surface area contributed by atoms with E-state index in [2.05, 4.69) is 21.2 Å². The van der Waals surface area contributed by atoms with Crippen molar-refractivity contribution in [1.29, 1.82) is 0 Å². The molecule has 0 saturated heterocycles. The summed E-state index contributed by atoms with van der Waals surface area (Å²) in [6.07, 6.45) is 0. The number of hydrogen-bond donors (Lipinski definition) is 3. The lowest BCUT2D eigenvalue weighted by molar-refractivity contribution is -0.114. The summed E-state index contributed by atoms with van der Waals surface area (Å²) in [6, 6.07) is 4.61. The smallest absolute Gasteiger partial charge is 0.337 e. The molecule has 5 nitrogen and oxygen atoms in total. The Morgan fingerprint density at radius 1 is 1.47 bits per heavy atom. The van der Waals surface area contributed by atoms with Gasteiger partial charge >= 0.3 is 5.97 Å². The number of carbonyl (C=O) groups excluding carboxylic acids is 1. The zero-order valence-corrected chi connectivity index (χ0v) is 9.24. The molecule has 0 spiro atoms. The van der Waals surface area contributed by atoms with Crippen LogP contribution < -0.4 is 11.1 Å². The maximum atomic E-state index is 11.1. The van der Waals surface area contributed by atoms with Crippen molar-refractivity contribution in [2.75, 3.05) is 11.9 Å². The molecule has 6 heteroatoms. The molecule has 0 unspecified atom stereocenters. The number of amides is 1. The Morgan fingerprint density at radius 3 is 2.67 bits per heavy atom. The van der Waals surface area contributed by atoms with Crippen LogP contribution in [0.3, 0.4) is 0 Å². The molecule has 0 aliphatic rings. The lowest BCUT2D eigenvalue weighted by Gasteiger charge is -2.09. The zero-order valence-electron chi connectivity index (χ0n) is 7.66. The first-order valence-electron chi connectivity index (χ1n) is 4.08. The SMILES string of the molecule is NCC(=O)Nc1c(Br)cccc1C(=O)O. The highest BCUT2D eigenvalue weighted by Gasteiger charge is 2.14. The summed E-state index contributed by atoms with van der Waals surface area (Å²) in [7, 11) is 0. The molecule has 0 aliphatic carbocycles. The second-order valence-corrected chi connectivity index (χ2v) is 3.57. The highest BCUT2D eigenvalue weighted by atomic mass is 79.9. The van der Waals surface area contributed by atoms with Crippen LogP contribution in [0.25, 0.3) is 0 Å². The average molecular weight is 273 g/mol. The molecule has 0 atom stereocenters. The van der Waals surface area contributed by atoms with Crippen LogP contribution in [0.5, 0.6) is 0 Å². The number of halogens is 1. The molecule has 0 radical (unpaired) electrons. The molecule has 1 aromatic rings. The van der Waals surface area contributed by atoms with E-state index in [9.17, 15) is 9.59 Å². The first-order chi connectivity index (χ1) is 7.06. The number of aromatic carboxylic acids is 1. The molecule has 0 heterocycles. The molecule has 0 aromatic heterocycles. The number of rotatable bonds is 3. The molecule has 0 fully saturated rings. The van der Waals surface area contributed by atoms with Crippen molar-refractivity contribution in [2.45, 2.75) is 0 Å². The van der Waals surface area contributed by atoms with Gasteiger partial charge in [-0.05, 0) is 28.1 Å². The fourth-order valence-corrected chi connectivity index (χ4v) is 1.49. The number of carboxylic acid groups (broad SMARTS) is 1. The van der Waals surface area contributed by atoms with Crippen molar-refractivity contribution in [2.24, 2.45) is 5.73 Å². The van der Waals surface area contributed by atoms with Crippen molar-refractivity contribution >= 4 is 33.5 Å². The maximum absolute atomic E-state index is 11.1. The Hall–Kier alpha value is -1.40. The lowest BCUT2D eigenvalue weighted by atomic mass is 10.2. The van der Waals surface area contributed by atoms with Gasteiger partial charge in [0.05, 0.1) is 17.8 Å². The third-order valence-corrected chi connectivity index (χ3v) is 2.35. The minimum atomic E-state index is -1.11. The zero-order chi connectivity index (χ0) is 11.4. The number of hydrogen-bond acceptors (Lipinski definition) is 3. The molecule has 1 amide bonds. The van der Waals surface area contributed by atoms with Crippen molar-refractivity contribution < 1.29 is 14.7 Å². The first-order valence-corrected chi connectivity index (χ1v) is 4.87. The summed E-state index contributed by atoms with van der Waals surface area (Å²) in [5, 5.41) is 11.3. The van der Waals surface area contributed by atoms with Gasteiger partial charge in [0.15, 0.2) is 0 Å². The van der Waals surface area contributed by atoms with Crippen molar-refractivity contribution in [1.82, 2.24) is 0 Å². The molecule has 0 bridgehead atoms. The van der Waals surface area contributed by atoms with Crippen LogP contribution in [0.2, 0.25) is 0 Å². The van der Waals surface area contributed by atoms with Gasteiger partial charge in [-0.3, -0.25) is 4.79 Å². The number of carbonyl (C=O) groups is 2. The van der Waals surface area contributed by atoms with E-state index >= 15 is 0 Å². The molecular formula is C9H9BrN2O3. The van der Waals surface area contributed by atoms with Crippen LogP contribution in [0.4, 0.5) is 5.69 Å². The Bertz CT molecular complexity index is 406. The fourth-order valence-electron chi connectivity index (χ4n) is 1.02. The number of para-hydroxylation sites is 1. The van der Waals surface area contributed by atoms with Crippen LogP contribution in [0.15, 0.2) is 22.7 Å². The monoisotopic (exact) mass is 272 g/mol. The van der Waals surface area contributed by atoms with Gasteiger partial charge in [-0.15, -0.1) is 0 Å². The highest BCUT2D eigenvalue weighted by Crippen LogP contribution is 2.26. The summed E-state index contributed by atoms with van der Waals surface area (Å²) < 4.78 is 0.504. The number of nitrogens with two attached hydrogens (primary N) is 1. The first kappa shape index (κ1) is 11.7. The Morgan fingerprint density at radius 2 is 2.13 bits per heavy atom.